The zero-order chi connectivity index (χ0) is 27.9. The zero-order valence-corrected chi connectivity index (χ0v) is 21.3. The Bertz CT molecular complexity index is 919. The Morgan fingerprint density at radius 2 is 1.08 bits per heavy atom. The first-order valence-corrected chi connectivity index (χ1v) is 12.9. The molecule has 0 bridgehead atoms. The van der Waals surface area contributed by atoms with Gasteiger partial charge in [0.1, 0.15) is 23.7 Å². The molecular formula is C26H32F6N4O3. The molecular weight excluding hydrogens is 530 g/mol. The van der Waals surface area contributed by atoms with E-state index in [1.165, 1.54) is 34.6 Å². The van der Waals surface area contributed by atoms with Gasteiger partial charge in [-0.2, -0.15) is 26.3 Å². The van der Waals surface area contributed by atoms with E-state index in [1.54, 1.807) is 24.3 Å². The van der Waals surface area contributed by atoms with E-state index in [1.807, 2.05) is 0 Å². The normalized spacial score (nSPS) is 23.2. The molecule has 2 aromatic rings. The molecule has 0 saturated carbocycles. The van der Waals surface area contributed by atoms with Crippen LogP contribution in [0.3, 0.4) is 0 Å². The Balaban J connectivity index is 1.37. The molecule has 0 N–H and O–H groups in total. The fourth-order valence-corrected chi connectivity index (χ4v) is 4.88. The first-order chi connectivity index (χ1) is 18.6. The average Bonchev–Trinajstić information content (AvgIpc) is 2.88. The summed E-state index contributed by atoms with van der Waals surface area (Å²) in [5, 5.41) is 0. The van der Waals surface area contributed by atoms with E-state index in [0.717, 1.165) is 0 Å². The van der Waals surface area contributed by atoms with Crippen molar-refractivity contribution < 1.29 is 40.6 Å². The lowest BCUT2D eigenvalue weighted by molar-refractivity contribution is -0.291. The lowest BCUT2D eigenvalue weighted by Crippen LogP contribution is -2.54. The monoisotopic (exact) mass is 562 g/mol. The third-order valence-electron chi connectivity index (χ3n) is 6.74. The van der Waals surface area contributed by atoms with Crippen molar-refractivity contribution in [2.24, 2.45) is 0 Å². The van der Waals surface area contributed by atoms with Gasteiger partial charge < -0.3 is 14.2 Å². The topological polar surface area (TPSA) is 60.0 Å². The van der Waals surface area contributed by atoms with E-state index < -0.39 is 37.7 Å². The van der Waals surface area contributed by atoms with Crippen molar-refractivity contribution in [1.82, 2.24) is 19.8 Å². The van der Waals surface area contributed by atoms with Crippen molar-refractivity contribution in [3.05, 3.63) is 49.1 Å². The molecule has 0 spiro atoms. The number of piperidine rings is 2. The molecule has 4 atom stereocenters. The summed E-state index contributed by atoms with van der Waals surface area (Å²) in [6.07, 6.45) is -7.42. The SMILES string of the molecule is FC(F)(F)C(CN1CCC[C@@H](Oc2ccncc2)C1)OC(CN1CCC[C@@H](Oc2ccncc2)C1)C(F)(F)F. The van der Waals surface area contributed by atoms with Gasteiger partial charge in [0.15, 0.2) is 12.2 Å². The van der Waals surface area contributed by atoms with Gasteiger partial charge in [-0.05, 0) is 63.0 Å². The van der Waals surface area contributed by atoms with Gasteiger partial charge in [0.25, 0.3) is 0 Å². The van der Waals surface area contributed by atoms with Gasteiger partial charge in [0, 0.05) is 51.0 Å². The standard InChI is InChI=1S/C26H32F6N4O3/c27-25(28,29)23(17-35-13-1-3-21(15-35)37-19-5-9-33-10-6-19)39-24(26(30,31)32)18-36-14-2-4-22(16-36)38-20-7-11-34-12-8-20/h5-12,21-24H,1-4,13-18H2/t21-,22-,23?,24?/m1/s1. The molecule has 2 aromatic heterocycles. The molecule has 216 valence electrons. The Morgan fingerprint density at radius 3 is 1.44 bits per heavy atom. The summed E-state index contributed by atoms with van der Waals surface area (Å²) >= 11 is 0. The molecule has 13 heteroatoms. The molecule has 0 aromatic carbocycles. The molecule has 7 nitrogen and oxygen atoms in total. The highest BCUT2D eigenvalue weighted by atomic mass is 19.4. The maximum absolute atomic E-state index is 14.0. The molecule has 4 rings (SSSR count). The predicted octanol–water partition coefficient (Wildman–Crippen LogP) is 4.74. The molecule has 0 aliphatic carbocycles. The number of ether oxygens (including phenoxy) is 3. The summed E-state index contributed by atoms with van der Waals surface area (Å²) in [6.45, 7) is -0.504. The van der Waals surface area contributed by atoms with Crippen LogP contribution in [0.4, 0.5) is 26.3 Å². The number of halogens is 6. The van der Waals surface area contributed by atoms with Crippen molar-refractivity contribution in [3.63, 3.8) is 0 Å². The molecule has 4 heterocycles. The van der Waals surface area contributed by atoms with Crippen molar-refractivity contribution in [3.8, 4) is 11.5 Å². The lowest BCUT2D eigenvalue weighted by Gasteiger charge is -2.38. The summed E-state index contributed by atoms with van der Waals surface area (Å²) in [5.74, 6) is 1.07. The number of hydrogen-bond donors (Lipinski definition) is 0. The van der Waals surface area contributed by atoms with Crippen molar-refractivity contribution in [1.29, 1.82) is 0 Å². The second kappa shape index (κ2) is 13.1. The number of alkyl halides is 6. The van der Waals surface area contributed by atoms with Crippen LogP contribution in [0.5, 0.6) is 11.5 Å². The van der Waals surface area contributed by atoms with Crippen LogP contribution in [0.15, 0.2) is 49.1 Å². The van der Waals surface area contributed by atoms with Gasteiger partial charge in [0.05, 0.1) is 0 Å². The first-order valence-electron chi connectivity index (χ1n) is 12.9. The van der Waals surface area contributed by atoms with Gasteiger partial charge in [0.2, 0.25) is 0 Å². The smallest absolute Gasteiger partial charge is 0.415 e. The van der Waals surface area contributed by atoms with Crippen LogP contribution in [0.25, 0.3) is 0 Å². The third-order valence-corrected chi connectivity index (χ3v) is 6.74. The molecule has 2 aliphatic heterocycles. The number of hydrogen-bond acceptors (Lipinski definition) is 7. The quantitative estimate of drug-likeness (QED) is 0.388. The van der Waals surface area contributed by atoms with Crippen LogP contribution in [-0.2, 0) is 4.74 Å². The average molecular weight is 563 g/mol. The Hall–Kier alpha value is -2.64. The lowest BCUT2D eigenvalue weighted by atomic mass is 10.1. The summed E-state index contributed by atoms with van der Waals surface area (Å²) in [5.41, 5.74) is 0. The Labute approximate surface area is 223 Å². The Kier molecular flexibility index (Phi) is 9.89. The minimum Gasteiger partial charge on any atom is -0.489 e. The first kappa shape index (κ1) is 29.3. The summed E-state index contributed by atoms with van der Waals surface area (Å²) in [7, 11) is 0. The van der Waals surface area contributed by atoms with Crippen molar-refractivity contribution in [2.45, 2.75) is 62.5 Å². The second-order valence-corrected chi connectivity index (χ2v) is 9.85. The van der Waals surface area contributed by atoms with E-state index in [4.69, 9.17) is 14.2 Å². The summed E-state index contributed by atoms with van der Waals surface area (Å²) in [4.78, 5) is 10.7. The van der Waals surface area contributed by atoms with Crippen LogP contribution < -0.4 is 9.47 Å². The highest BCUT2D eigenvalue weighted by Gasteiger charge is 2.50. The van der Waals surface area contributed by atoms with E-state index in [2.05, 4.69) is 9.97 Å². The number of rotatable bonds is 10. The molecule has 39 heavy (non-hydrogen) atoms. The van der Waals surface area contributed by atoms with Crippen LogP contribution in [0, 0.1) is 0 Å². The van der Waals surface area contributed by atoms with E-state index in [9.17, 15) is 26.3 Å². The second-order valence-electron chi connectivity index (χ2n) is 9.85. The highest BCUT2D eigenvalue weighted by Crippen LogP contribution is 2.32. The number of pyridine rings is 2. The zero-order valence-electron chi connectivity index (χ0n) is 21.3. The van der Waals surface area contributed by atoms with E-state index >= 15 is 0 Å². The third kappa shape index (κ3) is 9.21. The van der Waals surface area contributed by atoms with Crippen LogP contribution in [-0.4, -0.2) is 95.8 Å². The fraction of sp³-hybridized carbons (Fsp3) is 0.615. The van der Waals surface area contributed by atoms with Crippen molar-refractivity contribution >= 4 is 0 Å². The van der Waals surface area contributed by atoms with E-state index in [0.29, 0.717) is 50.3 Å². The van der Waals surface area contributed by atoms with Gasteiger partial charge >= 0.3 is 12.4 Å². The van der Waals surface area contributed by atoms with Gasteiger partial charge in [-0.15, -0.1) is 0 Å². The maximum atomic E-state index is 14.0. The van der Waals surface area contributed by atoms with Gasteiger partial charge in [-0.25, -0.2) is 0 Å². The fourth-order valence-electron chi connectivity index (χ4n) is 4.88. The van der Waals surface area contributed by atoms with Gasteiger partial charge in [-0.3, -0.25) is 19.8 Å². The summed E-state index contributed by atoms with van der Waals surface area (Å²) in [6, 6.07) is 6.56. The van der Waals surface area contributed by atoms with E-state index in [-0.39, 0.29) is 25.3 Å². The number of likely N-dealkylation sites (tertiary alicyclic amines) is 2. The number of nitrogens with zero attached hydrogens (tertiary/aromatic N) is 4. The Morgan fingerprint density at radius 1 is 0.692 bits per heavy atom. The molecule has 2 aliphatic rings. The molecule has 0 amide bonds. The highest BCUT2D eigenvalue weighted by molar-refractivity contribution is 5.18. The molecule has 2 unspecified atom stereocenters. The minimum absolute atomic E-state index is 0.148. The van der Waals surface area contributed by atoms with Crippen LogP contribution in [0.1, 0.15) is 25.7 Å². The molecule has 2 saturated heterocycles. The number of aromatic nitrogens is 2. The van der Waals surface area contributed by atoms with Crippen LogP contribution >= 0.6 is 0 Å². The van der Waals surface area contributed by atoms with Crippen LogP contribution in [0.2, 0.25) is 0 Å². The molecule has 2 fully saturated rings. The summed E-state index contributed by atoms with van der Waals surface area (Å²) < 4.78 is 100. The minimum atomic E-state index is -4.97. The van der Waals surface area contributed by atoms with Crippen molar-refractivity contribution in [2.75, 3.05) is 39.3 Å². The maximum Gasteiger partial charge on any atom is 0.415 e. The molecule has 0 radical (unpaired) electrons. The predicted molar refractivity (Wildman–Crippen MR) is 129 cm³/mol. The van der Waals surface area contributed by atoms with Gasteiger partial charge in [-0.1, -0.05) is 0 Å². The largest absolute Gasteiger partial charge is 0.489 e.